The number of piperidine rings is 1. The lowest BCUT2D eigenvalue weighted by Crippen LogP contribution is -2.44. The summed E-state index contributed by atoms with van der Waals surface area (Å²) in [6.07, 6.45) is 1.18. The lowest BCUT2D eigenvalue weighted by atomic mass is 9.92. The topological polar surface area (TPSA) is 53.3 Å². The van der Waals surface area contributed by atoms with Gasteiger partial charge in [0.25, 0.3) is 5.91 Å². The number of nitrogens with zero attached hydrogens (tertiary/aromatic N) is 2. The lowest BCUT2D eigenvalue weighted by Gasteiger charge is -2.34. The minimum absolute atomic E-state index is 0.0350. The monoisotopic (exact) mass is 272 g/mol. The van der Waals surface area contributed by atoms with E-state index in [1.807, 2.05) is 11.0 Å². The predicted molar refractivity (Wildman–Crippen MR) is 76.2 cm³/mol. The van der Waals surface area contributed by atoms with Crippen molar-refractivity contribution in [3.63, 3.8) is 0 Å². The molecule has 4 heteroatoms. The van der Waals surface area contributed by atoms with Gasteiger partial charge in [0.1, 0.15) is 5.75 Å². The first kappa shape index (κ1) is 14.4. The molecule has 0 aliphatic carbocycles. The summed E-state index contributed by atoms with van der Waals surface area (Å²) in [6, 6.07) is 8.85. The zero-order valence-electron chi connectivity index (χ0n) is 12.0. The van der Waals surface area contributed by atoms with Crippen molar-refractivity contribution in [3.8, 4) is 11.8 Å². The Bertz CT molecular complexity index is 494. The number of amides is 1. The summed E-state index contributed by atoms with van der Waals surface area (Å²) in [4.78, 5) is 14.0. The van der Waals surface area contributed by atoms with Gasteiger partial charge in [0.2, 0.25) is 0 Å². The Labute approximate surface area is 120 Å². The molecule has 106 valence electrons. The quantitative estimate of drug-likeness (QED) is 0.849. The summed E-state index contributed by atoms with van der Waals surface area (Å²) in [5.74, 6) is 1.76. The Kier molecular flexibility index (Phi) is 4.62. The Morgan fingerprint density at radius 3 is 2.45 bits per heavy atom. The van der Waals surface area contributed by atoms with Gasteiger partial charge >= 0.3 is 0 Å². The molecule has 0 spiro atoms. The van der Waals surface area contributed by atoms with Crippen molar-refractivity contribution in [1.29, 1.82) is 5.26 Å². The number of likely N-dealkylation sites (tertiary alicyclic amines) is 1. The first-order valence-corrected chi connectivity index (χ1v) is 6.99. The van der Waals surface area contributed by atoms with Gasteiger partial charge in [-0.25, -0.2) is 0 Å². The zero-order valence-corrected chi connectivity index (χ0v) is 12.0. The summed E-state index contributed by atoms with van der Waals surface area (Å²) in [6.45, 7) is 6.06. The van der Waals surface area contributed by atoms with Crippen LogP contribution in [-0.2, 0) is 4.79 Å². The van der Waals surface area contributed by atoms with E-state index in [2.05, 4.69) is 13.8 Å². The fourth-order valence-corrected chi connectivity index (χ4v) is 2.73. The fraction of sp³-hybridized carbons (Fsp3) is 0.500. The summed E-state index contributed by atoms with van der Waals surface area (Å²) >= 11 is 0. The van der Waals surface area contributed by atoms with Gasteiger partial charge < -0.3 is 9.64 Å². The maximum atomic E-state index is 12.1. The van der Waals surface area contributed by atoms with Crippen molar-refractivity contribution in [2.24, 2.45) is 11.8 Å². The Morgan fingerprint density at radius 2 is 1.90 bits per heavy atom. The van der Waals surface area contributed by atoms with Crippen LogP contribution in [0.15, 0.2) is 24.3 Å². The largest absolute Gasteiger partial charge is 0.484 e. The van der Waals surface area contributed by atoms with E-state index in [4.69, 9.17) is 10.00 Å². The smallest absolute Gasteiger partial charge is 0.260 e. The predicted octanol–water partition coefficient (Wildman–Crippen LogP) is 2.44. The summed E-state index contributed by atoms with van der Waals surface area (Å²) in [7, 11) is 0. The molecule has 2 atom stereocenters. The molecular formula is C16H20N2O2. The van der Waals surface area contributed by atoms with Gasteiger partial charge in [-0.05, 0) is 42.5 Å². The molecule has 0 aromatic heterocycles. The molecule has 1 aliphatic heterocycles. The molecule has 4 nitrogen and oxygen atoms in total. The van der Waals surface area contributed by atoms with Crippen LogP contribution in [0.5, 0.6) is 5.75 Å². The van der Waals surface area contributed by atoms with Gasteiger partial charge in [-0.2, -0.15) is 5.26 Å². The average Bonchev–Trinajstić information content (AvgIpc) is 2.44. The molecule has 1 aromatic carbocycles. The summed E-state index contributed by atoms with van der Waals surface area (Å²) < 4.78 is 5.49. The van der Waals surface area contributed by atoms with Gasteiger partial charge in [0.15, 0.2) is 6.61 Å². The maximum Gasteiger partial charge on any atom is 0.260 e. The number of carbonyl (C=O) groups excluding carboxylic acids is 1. The molecule has 1 aliphatic rings. The van der Waals surface area contributed by atoms with Crippen LogP contribution in [0.2, 0.25) is 0 Å². The highest BCUT2D eigenvalue weighted by atomic mass is 16.5. The second-order valence-electron chi connectivity index (χ2n) is 5.67. The molecular weight excluding hydrogens is 252 g/mol. The van der Waals surface area contributed by atoms with Gasteiger partial charge in [-0.1, -0.05) is 13.8 Å². The third-order valence-electron chi connectivity index (χ3n) is 3.57. The Hall–Kier alpha value is -2.02. The van der Waals surface area contributed by atoms with Crippen LogP contribution >= 0.6 is 0 Å². The molecule has 1 heterocycles. The van der Waals surface area contributed by atoms with Crippen molar-refractivity contribution in [1.82, 2.24) is 4.90 Å². The second kappa shape index (κ2) is 6.42. The third kappa shape index (κ3) is 3.74. The highest BCUT2D eigenvalue weighted by molar-refractivity contribution is 5.77. The molecule has 0 bridgehead atoms. The minimum atomic E-state index is 0.0350. The molecule has 20 heavy (non-hydrogen) atoms. The number of ether oxygens (including phenoxy) is 1. The second-order valence-corrected chi connectivity index (χ2v) is 5.67. The molecule has 1 saturated heterocycles. The normalized spacial score (nSPS) is 22.1. The average molecular weight is 272 g/mol. The number of hydrogen-bond donors (Lipinski definition) is 0. The summed E-state index contributed by atoms with van der Waals surface area (Å²) in [5, 5.41) is 8.71. The molecule has 1 amide bonds. The van der Waals surface area contributed by atoms with Crippen molar-refractivity contribution in [2.45, 2.75) is 20.3 Å². The van der Waals surface area contributed by atoms with E-state index >= 15 is 0 Å². The van der Waals surface area contributed by atoms with E-state index in [-0.39, 0.29) is 12.5 Å². The minimum Gasteiger partial charge on any atom is -0.484 e. The van der Waals surface area contributed by atoms with Gasteiger partial charge in [0, 0.05) is 13.1 Å². The van der Waals surface area contributed by atoms with Crippen molar-refractivity contribution in [3.05, 3.63) is 29.8 Å². The first-order chi connectivity index (χ1) is 9.58. The van der Waals surface area contributed by atoms with Crippen molar-refractivity contribution < 1.29 is 9.53 Å². The fourth-order valence-electron chi connectivity index (χ4n) is 2.73. The van der Waals surface area contributed by atoms with Crippen LogP contribution in [0.25, 0.3) is 0 Å². The van der Waals surface area contributed by atoms with Gasteiger partial charge in [-0.3, -0.25) is 4.79 Å². The van der Waals surface area contributed by atoms with E-state index in [1.54, 1.807) is 24.3 Å². The Balaban J connectivity index is 1.86. The van der Waals surface area contributed by atoms with Crippen molar-refractivity contribution >= 4 is 5.91 Å². The van der Waals surface area contributed by atoms with Crippen LogP contribution in [0.1, 0.15) is 25.8 Å². The van der Waals surface area contributed by atoms with E-state index in [0.717, 1.165) is 13.1 Å². The van der Waals surface area contributed by atoms with Gasteiger partial charge in [-0.15, -0.1) is 0 Å². The van der Waals surface area contributed by atoms with E-state index in [1.165, 1.54) is 6.42 Å². The molecule has 0 unspecified atom stereocenters. The van der Waals surface area contributed by atoms with E-state index in [9.17, 15) is 4.79 Å². The molecule has 0 N–H and O–H groups in total. The standard InChI is InChI=1S/C16H20N2O2/c1-12-7-13(2)10-18(9-12)16(19)11-20-15-5-3-14(8-17)4-6-15/h3-6,12-13H,7,9-11H2,1-2H3/t12-,13+. The number of rotatable bonds is 3. The lowest BCUT2D eigenvalue weighted by molar-refractivity contribution is -0.136. The van der Waals surface area contributed by atoms with E-state index in [0.29, 0.717) is 23.1 Å². The number of carbonyl (C=O) groups is 1. The van der Waals surface area contributed by atoms with Crippen LogP contribution < -0.4 is 4.74 Å². The number of nitriles is 1. The zero-order chi connectivity index (χ0) is 14.5. The Morgan fingerprint density at radius 1 is 1.30 bits per heavy atom. The molecule has 1 fully saturated rings. The van der Waals surface area contributed by atoms with Crippen molar-refractivity contribution in [2.75, 3.05) is 19.7 Å². The maximum absolute atomic E-state index is 12.1. The highest BCUT2D eigenvalue weighted by Crippen LogP contribution is 2.21. The number of hydrogen-bond acceptors (Lipinski definition) is 3. The van der Waals surface area contributed by atoms with E-state index < -0.39 is 0 Å². The van der Waals surface area contributed by atoms with Crippen LogP contribution in [0.3, 0.4) is 0 Å². The molecule has 0 radical (unpaired) electrons. The van der Waals surface area contributed by atoms with Crippen LogP contribution in [0.4, 0.5) is 0 Å². The third-order valence-corrected chi connectivity index (χ3v) is 3.57. The SMILES string of the molecule is C[C@@H]1C[C@H](C)CN(C(=O)COc2ccc(C#N)cc2)C1. The molecule has 0 saturated carbocycles. The van der Waals surface area contributed by atoms with Crippen LogP contribution in [0, 0.1) is 23.2 Å². The summed E-state index contributed by atoms with van der Waals surface area (Å²) in [5.41, 5.74) is 0.586. The number of benzene rings is 1. The van der Waals surface area contributed by atoms with Gasteiger partial charge in [0.05, 0.1) is 11.6 Å². The first-order valence-electron chi connectivity index (χ1n) is 6.99. The molecule has 2 rings (SSSR count). The van der Waals surface area contributed by atoms with Crippen LogP contribution in [-0.4, -0.2) is 30.5 Å². The highest BCUT2D eigenvalue weighted by Gasteiger charge is 2.25. The molecule has 1 aromatic rings.